The van der Waals surface area contributed by atoms with Crippen LogP contribution in [-0.2, 0) is 11.3 Å². The average Bonchev–Trinajstić information content (AvgIpc) is 2.85. The molecule has 2 aromatic carbocycles. The Morgan fingerprint density at radius 2 is 1.65 bits per heavy atom. The van der Waals surface area contributed by atoms with Gasteiger partial charge < -0.3 is 0 Å². The number of amides is 2. The number of hydrogen-bond acceptors (Lipinski definition) is 3. The molecule has 2 aromatic rings. The fraction of sp³-hybridized carbons (Fsp3) is 0.200. The molecule has 3 nitrogen and oxygen atoms in total. The van der Waals surface area contributed by atoms with Gasteiger partial charge in [-0.15, -0.1) is 0 Å². The van der Waals surface area contributed by atoms with Gasteiger partial charge in [-0.3, -0.25) is 14.5 Å². The van der Waals surface area contributed by atoms with E-state index in [1.165, 1.54) is 10.5 Å². The third-order valence-electron chi connectivity index (χ3n) is 4.15. The monoisotopic (exact) mass is 405 g/mol. The van der Waals surface area contributed by atoms with Gasteiger partial charge in [0.2, 0.25) is 0 Å². The maximum absolute atomic E-state index is 12.7. The summed E-state index contributed by atoms with van der Waals surface area (Å²) in [4.78, 5) is 26.5. The van der Waals surface area contributed by atoms with E-state index < -0.39 is 0 Å². The number of carbonyl (C=O) groups is 2. The van der Waals surface area contributed by atoms with Crippen LogP contribution in [0.3, 0.4) is 0 Å². The number of halogens is 2. The molecule has 26 heavy (non-hydrogen) atoms. The predicted octanol–water partition coefficient (Wildman–Crippen LogP) is 6.35. The lowest BCUT2D eigenvalue weighted by atomic mass is 10.0. The van der Waals surface area contributed by atoms with Crippen LogP contribution in [-0.4, -0.2) is 16.0 Å². The molecule has 0 saturated carbocycles. The Balaban J connectivity index is 1.82. The van der Waals surface area contributed by atoms with Crippen molar-refractivity contribution in [2.45, 2.75) is 26.3 Å². The van der Waals surface area contributed by atoms with Crippen molar-refractivity contribution < 1.29 is 9.59 Å². The van der Waals surface area contributed by atoms with Gasteiger partial charge in [0.25, 0.3) is 11.1 Å². The van der Waals surface area contributed by atoms with Gasteiger partial charge in [-0.25, -0.2) is 0 Å². The van der Waals surface area contributed by atoms with Crippen molar-refractivity contribution in [1.29, 1.82) is 0 Å². The molecule has 1 fully saturated rings. The Kier molecular flexibility index (Phi) is 5.76. The average molecular weight is 406 g/mol. The number of imide groups is 1. The molecule has 0 unspecified atom stereocenters. The van der Waals surface area contributed by atoms with Gasteiger partial charge in [0.15, 0.2) is 0 Å². The largest absolute Gasteiger partial charge is 0.293 e. The standard InChI is InChI=1S/C20H17Cl2NO2S/c1-12(2)14-8-6-13(7-9-14)10-18-19(24)23(20(25)26-18)11-15-16(21)4-3-5-17(15)22/h3-10,12H,11H2,1-2H3/b18-10-. The molecule has 0 radical (unpaired) electrons. The smallest absolute Gasteiger partial charge is 0.268 e. The van der Waals surface area contributed by atoms with Gasteiger partial charge in [0.1, 0.15) is 0 Å². The highest BCUT2D eigenvalue weighted by Gasteiger charge is 2.35. The molecule has 2 amide bonds. The molecule has 6 heteroatoms. The normalized spacial score (nSPS) is 16.2. The van der Waals surface area contributed by atoms with Crippen LogP contribution < -0.4 is 0 Å². The summed E-state index contributed by atoms with van der Waals surface area (Å²) in [5.74, 6) is 0.112. The lowest BCUT2D eigenvalue weighted by molar-refractivity contribution is -0.123. The molecule has 1 aliphatic heterocycles. The molecule has 0 N–H and O–H groups in total. The second kappa shape index (κ2) is 7.87. The lowest BCUT2D eigenvalue weighted by Crippen LogP contribution is -2.27. The minimum Gasteiger partial charge on any atom is -0.268 e. The zero-order chi connectivity index (χ0) is 18.8. The maximum atomic E-state index is 12.7. The van der Waals surface area contributed by atoms with Crippen LogP contribution >= 0.6 is 35.0 Å². The summed E-state index contributed by atoms with van der Waals surface area (Å²) >= 11 is 13.2. The van der Waals surface area contributed by atoms with Gasteiger partial charge in [-0.05, 0) is 47.0 Å². The second-order valence-corrected chi connectivity index (χ2v) is 8.10. The third kappa shape index (κ3) is 3.98. The summed E-state index contributed by atoms with van der Waals surface area (Å²) in [6, 6.07) is 13.1. The minimum atomic E-state index is -0.330. The molecule has 1 heterocycles. The minimum absolute atomic E-state index is 0.0623. The van der Waals surface area contributed by atoms with Gasteiger partial charge in [-0.1, -0.05) is 67.4 Å². The molecule has 0 atom stereocenters. The Bertz CT molecular complexity index is 871. The lowest BCUT2D eigenvalue weighted by Gasteiger charge is -2.14. The molecule has 1 saturated heterocycles. The van der Waals surface area contributed by atoms with Crippen molar-refractivity contribution in [3.05, 3.63) is 74.1 Å². The molecule has 0 bridgehead atoms. The topological polar surface area (TPSA) is 37.4 Å². The fourth-order valence-electron chi connectivity index (χ4n) is 2.61. The van der Waals surface area contributed by atoms with Gasteiger partial charge in [-0.2, -0.15) is 0 Å². The molecule has 0 spiro atoms. The van der Waals surface area contributed by atoms with Gasteiger partial charge in [0, 0.05) is 15.6 Å². The van der Waals surface area contributed by atoms with Crippen molar-refractivity contribution in [3.8, 4) is 0 Å². The van der Waals surface area contributed by atoms with E-state index in [1.807, 2.05) is 24.3 Å². The first kappa shape index (κ1) is 19.0. The molecule has 0 aliphatic carbocycles. The molecule has 1 aliphatic rings. The maximum Gasteiger partial charge on any atom is 0.293 e. The van der Waals surface area contributed by atoms with E-state index in [-0.39, 0.29) is 17.7 Å². The number of hydrogen-bond donors (Lipinski definition) is 0. The number of nitrogens with zero attached hydrogens (tertiary/aromatic N) is 1. The number of thioether (sulfide) groups is 1. The Labute approximate surface area is 167 Å². The van der Waals surface area contributed by atoms with Crippen LogP contribution in [0.4, 0.5) is 4.79 Å². The van der Waals surface area contributed by atoms with Crippen molar-refractivity contribution in [2.24, 2.45) is 0 Å². The second-order valence-electron chi connectivity index (χ2n) is 6.29. The highest BCUT2D eigenvalue weighted by atomic mass is 35.5. The van der Waals surface area contributed by atoms with E-state index in [0.29, 0.717) is 26.4 Å². The molecular formula is C20H17Cl2NO2S. The van der Waals surface area contributed by atoms with Crippen molar-refractivity contribution >= 4 is 52.2 Å². The molecule has 134 valence electrons. The van der Waals surface area contributed by atoms with Crippen LogP contribution in [0.25, 0.3) is 6.08 Å². The van der Waals surface area contributed by atoms with Crippen LogP contribution in [0.2, 0.25) is 10.0 Å². The summed E-state index contributed by atoms with van der Waals surface area (Å²) in [5, 5.41) is 0.547. The first-order valence-corrected chi connectivity index (χ1v) is 9.72. The summed E-state index contributed by atoms with van der Waals surface area (Å²) in [5.41, 5.74) is 2.68. The molecule has 0 aromatic heterocycles. The van der Waals surface area contributed by atoms with Crippen LogP contribution in [0.5, 0.6) is 0 Å². The van der Waals surface area contributed by atoms with Crippen LogP contribution in [0.15, 0.2) is 47.4 Å². The zero-order valence-corrected chi connectivity index (χ0v) is 16.7. The molecular weight excluding hydrogens is 389 g/mol. The van der Waals surface area contributed by atoms with Crippen LogP contribution in [0.1, 0.15) is 36.5 Å². The van der Waals surface area contributed by atoms with E-state index in [0.717, 1.165) is 17.3 Å². The van der Waals surface area contributed by atoms with Crippen LogP contribution in [0, 0.1) is 0 Å². The highest BCUT2D eigenvalue weighted by Crippen LogP contribution is 2.35. The van der Waals surface area contributed by atoms with E-state index >= 15 is 0 Å². The predicted molar refractivity (Wildman–Crippen MR) is 109 cm³/mol. The summed E-state index contributed by atoms with van der Waals surface area (Å²) < 4.78 is 0. The first-order chi connectivity index (χ1) is 12.4. The Morgan fingerprint density at radius 3 is 2.23 bits per heavy atom. The number of rotatable bonds is 4. The van der Waals surface area contributed by atoms with Crippen molar-refractivity contribution in [1.82, 2.24) is 4.90 Å². The van der Waals surface area contributed by atoms with Crippen molar-refractivity contribution in [2.75, 3.05) is 0 Å². The van der Waals surface area contributed by atoms with Gasteiger partial charge >= 0.3 is 0 Å². The highest BCUT2D eigenvalue weighted by molar-refractivity contribution is 8.18. The summed E-state index contributed by atoms with van der Waals surface area (Å²) in [6.45, 7) is 4.31. The first-order valence-electron chi connectivity index (χ1n) is 8.15. The summed E-state index contributed by atoms with van der Waals surface area (Å²) in [6.07, 6.45) is 1.74. The number of benzene rings is 2. The summed E-state index contributed by atoms with van der Waals surface area (Å²) in [7, 11) is 0. The zero-order valence-electron chi connectivity index (χ0n) is 14.3. The van der Waals surface area contributed by atoms with Crippen molar-refractivity contribution in [3.63, 3.8) is 0 Å². The van der Waals surface area contributed by atoms with E-state index in [4.69, 9.17) is 23.2 Å². The quantitative estimate of drug-likeness (QED) is 0.555. The molecule has 3 rings (SSSR count). The van der Waals surface area contributed by atoms with Gasteiger partial charge in [0.05, 0.1) is 11.4 Å². The Morgan fingerprint density at radius 1 is 1.04 bits per heavy atom. The third-order valence-corrected chi connectivity index (χ3v) is 5.77. The van der Waals surface area contributed by atoms with E-state index in [1.54, 1.807) is 24.3 Å². The Hall–Kier alpha value is -1.75. The SMILES string of the molecule is CC(C)c1ccc(/C=C2\SC(=O)N(Cc3c(Cl)cccc3Cl)C2=O)cc1. The number of carbonyl (C=O) groups excluding carboxylic acids is 2. The van der Waals surface area contributed by atoms with E-state index in [2.05, 4.69) is 13.8 Å². The fourth-order valence-corrected chi connectivity index (χ4v) is 3.96. The van der Waals surface area contributed by atoms with E-state index in [9.17, 15) is 9.59 Å².